The van der Waals surface area contributed by atoms with Crippen LogP contribution in [0.15, 0.2) is 15.8 Å². The van der Waals surface area contributed by atoms with Crippen molar-refractivity contribution < 1.29 is 9.16 Å². The molecule has 1 aliphatic carbocycles. The largest absolute Gasteiger partial charge is 0.411 e. The molecule has 1 aliphatic heterocycles. The molecule has 2 fully saturated rings. The van der Waals surface area contributed by atoms with Crippen molar-refractivity contribution >= 4 is 8.32 Å². The highest BCUT2D eigenvalue weighted by atomic mass is 28.4. The first-order chi connectivity index (χ1) is 12.0. The standard InChI is InChI=1S/C19H32N2O4Si/c1-13-12-21(17(23)20-16(13)22)15-9-11-19(24-15)10-7-8-14(19)25-26(5,6)18(2,3)4/h12,14-15H,7-11H2,1-6H3,(H,20,22,23)/t14-,15-,19+/m1/s1. The number of aryl methyl sites for hydroxylation is 1. The molecule has 6 nitrogen and oxygen atoms in total. The maximum absolute atomic E-state index is 12.2. The van der Waals surface area contributed by atoms with Gasteiger partial charge in [-0.05, 0) is 57.2 Å². The number of aromatic nitrogens is 2. The number of hydrogen-bond acceptors (Lipinski definition) is 4. The highest BCUT2D eigenvalue weighted by Gasteiger charge is 2.53. The SMILES string of the molecule is Cc1cn([C@H]2CC[C@]3(CCC[C@H]3O[Si](C)(C)C(C)(C)C)O2)c(=O)[nH]c1=O. The zero-order valence-electron chi connectivity index (χ0n) is 16.8. The van der Waals surface area contributed by atoms with Crippen LogP contribution >= 0.6 is 0 Å². The van der Waals surface area contributed by atoms with Gasteiger partial charge in [0.05, 0.1) is 11.7 Å². The molecule has 0 aromatic carbocycles. The van der Waals surface area contributed by atoms with E-state index in [-0.39, 0.29) is 28.5 Å². The zero-order valence-corrected chi connectivity index (χ0v) is 17.8. The molecule has 2 aliphatic rings. The van der Waals surface area contributed by atoms with Gasteiger partial charge in [0.25, 0.3) is 5.56 Å². The Bertz CT molecular complexity index is 792. The molecule has 1 N–H and O–H groups in total. The summed E-state index contributed by atoms with van der Waals surface area (Å²) in [6, 6.07) is 0. The fourth-order valence-corrected chi connectivity index (χ4v) is 5.28. The van der Waals surface area contributed by atoms with E-state index >= 15 is 0 Å². The van der Waals surface area contributed by atoms with Gasteiger partial charge >= 0.3 is 5.69 Å². The van der Waals surface area contributed by atoms with Gasteiger partial charge in [-0.15, -0.1) is 0 Å². The Morgan fingerprint density at radius 3 is 2.62 bits per heavy atom. The summed E-state index contributed by atoms with van der Waals surface area (Å²) in [4.78, 5) is 26.2. The summed E-state index contributed by atoms with van der Waals surface area (Å²) < 4.78 is 14.7. The molecule has 1 saturated heterocycles. The van der Waals surface area contributed by atoms with Crippen LogP contribution in [0.3, 0.4) is 0 Å². The fourth-order valence-electron chi connectivity index (χ4n) is 3.88. The molecule has 3 atom stereocenters. The maximum Gasteiger partial charge on any atom is 0.330 e. The predicted molar refractivity (Wildman–Crippen MR) is 104 cm³/mol. The number of nitrogens with one attached hydrogen (secondary N) is 1. The number of aromatic amines is 1. The summed E-state index contributed by atoms with van der Waals surface area (Å²) >= 11 is 0. The second-order valence-electron chi connectivity index (χ2n) is 9.41. The van der Waals surface area contributed by atoms with Crippen molar-refractivity contribution in [2.24, 2.45) is 0 Å². The summed E-state index contributed by atoms with van der Waals surface area (Å²) in [6.07, 6.45) is 6.10. The van der Waals surface area contributed by atoms with Crippen LogP contribution < -0.4 is 11.2 Å². The molecule has 1 aromatic rings. The third kappa shape index (κ3) is 3.36. The molecule has 1 spiro atoms. The molecule has 26 heavy (non-hydrogen) atoms. The Morgan fingerprint density at radius 1 is 1.27 bits per heavy atom. The fraction of sp³-hybridized carbons (Fsp3) is 0.789. The molecule has 146 valence electrons. The van der Waals surface area contributed by atoms with Crippen LogP contribution in [-0.4, -0.2) is 29.6 Å². The lowest BCUT2D eigenvalue weighted by atomic mass is 9.96. The average Bonchev–Trinajstić information content (AvgIpc) is 3.10. The molecule has 3 rings (SSSR count). The molecular formula is C19H32N2O4Si. The van der Waals surface area contributed by atoms with E-state index in [9.17, 15) is 9.59 Å². The Hall–Kier alpha value is -1.18. The predicted octanol–water partition coefficient (Wildman–Crippen LogP) is 3.47. The highest BCUT2D eigenvalue weighted by molar-refractivity contribution is 6.74. The minimum absolute atomic E-state index is 0.0907. The molecule has 0 amide bonds. The van der Waals surface area contributed by atoms with Crippen LogP contribution in [0.25, 0.3) is 0 Å². The smallest absolute Gasteiger partial charge is 0.330 e. The van der Waals surface area contributed by atoms with Crippen molar-refractivity contribution in [2.75, 3.05) is 0 Å². The summed E-state index contributed by atoms with van der Waals surface area (Å²) in [5, 5.41) is 0.155. The van der Waals surface area contributed by atoms with Gasteiger partial charge in [0, 0.05) is 11.8 Å². The molecule has 7 heteroatoms. The zero-order chi connectivity index (χ0) is 19.3. The second-order valence-corrected chi connectivity index (χ2v) is 14.2. The first-order valence-electron chi connectivity index (χ1n) is 9.63. The second kappa shape index (κ2) is 6.46. The Kier molecular flexibility index (Phi) is 4.86. The maximum atomic E-state index is 12.2. The third-order valence-corrected chi connectivity index (χ3v) is 11.0. The topological polar surface area (TPSA) is 73.3 Å². The number of hydrogen-bond donors (Lipinski definition) is 1. The molecular weight excluding hydrogens is 348 g/mol. The van der Waals surface area contributed by atoms with Crippen LogP contribution in [-0.2, 0) is 9.16 Å². The van der Waals surface area contributed by atoms with Gasteiger partial charge < -0.3 is 9.16 Å². The minimum atomic E-state index is -1.89. The minimum Gasteiger partial charge on any atom is -0.411 e. The van der Waals surface area contributed by atoms with E-state index < -0.39 is 14.0 Å². The van der Waals surface area contributed by atoms with Crippen molar-refractivity contribution in [3.05, 3.63) is 32.6 Å². The highest BCUT2D eigenvalue weighted by Crippen LogP contribution is 2.50. The van der Waals surface area contributed by atoms with E-state index in [1.165, 1.54) is 4.57 Å². The molecule has 1 saturated carbocycles. The van der Waals surface area contributed by atoms with Gasteiger partial charge in [-0.3, -0.25) is 14.3 Å². The Labute approximate surface area is 156 Å². The first-order valence-corrected chi connectivity index (χ1v) is 12.5. The van der Waals surface area contributed by atoms with Crippen LogP contribution in [0.4, 0.5) is 0 Å². The molecule has 1 aromatic heterocycles. The number of nitrogens with zero attached hydrogens (tertiary/aromatic N) is 1. The lowest BCUT2D eigenvalue weighted by Gasteiger charge is -2.42. The molecule has 0 unspecified atom stereocenters. The Balaban J connectivity index is 1.83. The van der Waals surface area contributed by atoms with Crippen molar-refractivity contribution in [3.63, 3.8) is 0 Å². The van der Waals surface area contributed by atoms with Crippen molar-refractivity contribution in [3.8, 4) is 0 Å². The van der Waals surface area contributed by atoms with E-state index in [2.05, 4.69) is 38.8 Å². The van der Waals surface area contributed by atoms with E-state index in [0.29, 0.717) is 5.56 Å². The summed E-state index contributed by atoms with van der Waals surface area (Å²) in [7, 11) is -1.89. The van der Waals surface area contributed by atoms with Crippen LogP contribution in [0.1, 0.15) is 64.7 Å². The van der Waals surface area contributed by atoms with Crippen molar-refractivity contribution in [1.29, 1.82) is 0 Å². The van der Waals surface area contributed by atoms with Crippen LogP contribution in [0.2, 0.25) is 18.1 Å². The number of H-pyrrole nitrogens is 1. The summed E-state index contributed by atoms with van der Waals surface area (Å²) in [5.74, 6) is 0. The molecule has 0 radical (unpaired) electrons. The summed E-state index contributed by atoms with van der Waals surface area (Å²) in [6.45, 7) is 13.0. The van der Waals surface area contributed by atoms with Crippen molar-refractivity contribution in [2.45, 2.75) is 95.9 Å². The number of ether oxygens (including phenoxy) is 1. The van der Waals surface area contributed by atoms with E-state index in [4.69, 9.17) is 9.16 Å². The lowest BCUT2D eigenvalue weighted by Crippen LogP contribution is -2.50. The number of rotatable bonds is 3. The van der Waals surface area contributed by atoms with E-state index in [1.54, 1.807) is 13.1 Å². The normalized spacial score (nSPS) is 29.6. The van der Waals surface area contributed by atoms with Gasteiger partial charge in [0.15, 0.2) is 8.32 Å². The summed E-state index contributed by atoms with van der Waals surface area (Å²) in [5.41, 5.74) is -0.514. The third-order valence-electron chi connectivity index (χ3n) is 6.54. The molecule has 0 bridgehead atoms. The van der Waals surface area contributed by atoms with Gasteiger partial charge in [-0.2, -0.15) is 0 Å². The van der Waals surface area contributed by atoms with E-state index in [0.717, 1.165) is 32.1 Å². The van der Waals surface area contributed by atoms with Gasteiger partial charge in [-0.1, -0.05) is 20.8 Å². The lowest BCUT2D eigenvalue weighted by molar-refractivity contribution is -0.117. The first kappa shape index (κ1) is 19.6. The van der Waals surface area contributed by atoms with E-state index in [1.807, 2.05) is 0 Å². The van der Waals surface area contributed by atoms with Gasteiger partial charge in [-0.25, -0.2) is 4.79 Å². The monoisotopic (exact) mass is 380 g/mol. The van der Waals surface area contributed by atoms with Crippen LogP contribution in [0, 0.1) is 6.92 Å². The quantitative estimate of drug-likeness (QED) is 0.815. The van der Waals surface area contributed by atoms with Gasteiger partial charge in [0.2, 0.25) is 0 Å². The average molecular weight is 381 g/mol. The van der Waals surface area contributed by atoms with Gasteiger partial charge in [0.1, 0.15) is 6.23 Å². The Morgan fingerprint density at radius 2 is 1.96 bits per heavy atom. The van der Waals surface area contributed by atoms with Crippen LogP contribution in [0.5, 0.6) is 0 Å². The van der Waals surface area contributed by atoms with Crippen molar-refractivity contribution in [1.82, 2.24) is 9.55 Å². The molecule has 2 heterocycles.